The van der Waals surface area contributed by atoms with E-state index in [2.05, 4.69) is 17.4 Å². The van der Waals surface area contributed by atoms with Crippen molar-refractivity contribution in [1.82, 2.24) is 5.32 Å². The number of halogens is 1. The van der Waals surface area contributed by atoms with E-state index in [-0.39, 0.29) is 5.82 Å². The van der Waals surface area contributed by atoms with Crippen LogP contribution in [0.4, 0.5) is 4.39 Å². The summed E-state index contributed by atoms with van der Waals surface area (Å²) in [5.41, 5.74) is 0.724. The van der Waals surface area contributed by atoms with E-state index in [0.717, 1.165) is 17.9 Å². The molecule has 2 aromatic carbocycles. The van der Waals surface area contributed by atoms with Crippen LogP contribution in [-0.4, -0.2) is 12.3 Å². The van der Waals surface area contributed by atoms with Crippen molar-refractivity contribution in [2.24, 2.45) is 0 Å². The minimum Gasteiger partial charge on any atom is -0.312 e. The lowest BCUT2D eigenvalue weighted by Crippen LogP contribution is -2.17. The summed E-state index contributed by atoms with van der Waals surface area (Å²) >= 11 is 1.80. The second kappa shape index (κ2) is 7.19. The quantitative estimate of drug-likeness (QED) is 0.628. The smallest absolute Gasteiger partial charge is 0.127 e. The molecule has 0 aromatic heterocycles. The molecule has 0 atom stereocenters. The van der Waals surface area contributed by atoms with E-state index in [0.29, 0.717) is 6.54 Å². The molecule has 0 spiro atoms. The number of thioether (sulfide) groups is 1. The molecule has 0 bridgehead atoms. The fraction of sp³-hybridized carbons (Fsp3) is 0.200. The van der Waals surface area contributed by atoms with Gasteiger partial charge in [0.2, 0.25) is 0 Å². The third kappa shape index (κ3) is 4.17. The minimum atomic E-state index is -0.138. The molecule has 2 rings (SSSR count). The van der Waals surface area contributed by atoms with Crippen molar-refractivity contribution < 1.29 is 4.39 Å². The van der Waals surface area contributed by atoms with Gasteiger partial charge in [0, 0.05) is 29.3 Å². The van der Waals surface area contributed by atoms with Crippen LogP contribution in [0.25, 0.3) is 0 Å². The fourth-order valence-electron chi connectivity index (χ4n) is 1.62. The largest absolute Gasteiger partial charge is 0.312 e. The van der Waals surface area contributed by atoms with Crippen LogP contribution in [0.15, 0.2) is 59.5 Å². The highest BCUT2D eigenvalue weighted by Crippen LogP contribution is 2.15. The summed E-state index contributed by atoms with van der Waals surface area (Å²) in [6, 6.07) is 17.2. The van der Waals surface area contributed by atoms with Gasteiger partial charge in [-0.2, -0.15) is 0 Å². The molecule has 0 aliphatic rings. The SMILES string of the molecule is Fc1ccccc1CNCCSc1ccccc1. The van der Waals surface area contributed by atoms with E-state index in [4.69, 9.17) is 0 Å². The Morgan fingerprint density at radius 2 is 1.67 bits per heavy atom. The van der Waals surface area contributed by atoms with E-state index in [9.17, 15) is 4.39 Å². The number of rotatable bonds is 6. The Morgan fingerprint density at radius 3 is 2.44 bits per heavy atom. The zero-order chi connectivity index (χ0) is 12.6. The predicted octanol–water partition coefficient (Wildman–Crippen LogP) is 3.71. The molecule has 2 aromatic rings. The molecular formula is C15H16FNS. The van der Waals surface area contributed by atoms with E-state index >= 15 is 0 Å². The highest BCUT2D eigenvalue weighted by Gasteiger charge is 1.99. The second-order valence-electron chi connectivity index (χ2n) is 3.93. The summed E-state index contributed by atoms with van der Waals surface area (Å²) < 4.78 is 13.3. The van der Waals surface area contributed by atoms with Crippen LogP contribution in [-0.2, 0) is 6.54 Å². The van der Waals surface area contributed by atoms with Gasteiger partial charge in [-0.1, -0.05) is 36.4 Å². The Balaban J connectivity index is 1.66. The minimum absolute atomic E-state index is 0.138. The first-order chi connectivity index (χ1) is 8.86. The molecule has 1 N–H and O–H groups in total. The third-order valence-electron chi connectivity index (χ3n) is 2.56. The van der Waals surface area contributed by atoms with Gasteiger partial charge in [-0.3, -0.25) is 0 Å². The van der Waals surface area contributed by atoms with Crippen LogP contribution in [0.5, 0.6) is 0 Å². The van der Waals surface area contributed by atoms with Crippen molar-refractivity contribution >= 4 is 11.8 Å². The van der Waals surface area contributed by atoms with Gasteiger partial charge in [0.1, 0.15) is 5.82 Å². The number of hydrogen-bond acceptors (Lipinski definition) is 2. The molecule has 0 saturated carbocycles. The Morgan fingerprint density at radius 1 is 0.944 bits per heavy atom. The van der Waals surface area contributed by atoms with Gasteiger partial charge in [0.25, 0.3) is 0 Å². The maximum atomic E-state index is 13.3. The summed E-state index contributed by atoms with van der Waals surface area (Å²) in [6.45, 7) is 1.45. The molecule has 3 heteroatoms. The van der Waals surface area contributed by atoms with Crippen molar-refractivity contribution in [3.8, 4) is 0 Å². The first kappa shape index (κ1) is 13.1. The maximum absolute atomic E-state index is 13.3. The zero-order valence-corrected chi connectivity index (χ0v) is 10.9. The van der Waals surface area contributed by atoms with E-state index in [1.807, 2.05) is 30.3 Å². The predicted molar refractivity (Wildman–Crippen MR) is 75.3 cm³/mol. The van der Waals surface area contributed by atoms with Crippen molar-refractivity contribution in [2.45, 2.75) is 11.4 Å². The number of nitrogens with one attached hydrogen (secondary N) is 1. The second-order valence-corrected chi connectivity index (χ2v) is 5.10. The van der Waals surface area contributed by atoms with E-state index in [1.165, 1.54) is 11.0 Å². The van der Waals surface area contributed by atoms with Gasteiger partial charge in [0.15, 0.2) is 0 Å². The normalized spacial score (nSPS) is 10.5. The lowest BCUT2D eigenvalue weighted by atomic mass is 10.2. The lowest BCUT2D eigenvalue weighted by Gasteiger charge is -2.05. The van der Waals surface area contributed by atoms with Gasteiger partial charge in [-0.15, -0.1) is 11.8 Å². The fourth-order valence-corrected chi connectivity index (χ4v) is 2.45. The monoisotopic (exact) mass is 261 g/mol. The van der Waals surface area contributed by atoms with Crippen LogP contribution >= 0.6 is 11.8 Å². The molecule has 0 aliphatic heterocycles. The van der Waals surface area contributed by atoms with Crippen molar-refractivity contribution in [2.75, 3.05) is 12.3 Å². The number of hydrogen-bond donors (Lipinski definition) is 1. The highest BCUT2D eigenvalue weighted by atomic mass is 32.2. The molecular weight excluding hydrogens is 245 g/mol. The summed E-state index contributed by atoms with van der Waals surface area (Å²) in [5.74, 6) is 0.846. The lowest BCUT2D eigenvalue weighted by molar-refractivity contribution is 0.594. The van der Waals surface area contributed by atoms with Gasteiger partial charge < -0.3 is 5.32 Å². The van der Waals surface area contributed by atoms with E-state index in [1.54, 1.807) is 17.8 Å². The first-order valence-corrected chi connectivity index (χ1v) is 6.97. The van der Waals surface area contributed by atoms with Crippen molar-refractivity contribution in [3.05, 3.63) is 66.0 Å². The van der Waals surface area contributed by atoms with E-state index < -0.39 is 0 Å². The molecule has 0 fully saturated rings. The summed E-state index contributed by atoms with van der Waals surface area (Å²) in [5, 5.41) is 3.25. The molecule has 0 amide bonds. The molecule has 0 heterocycles. The highest BCUT2D eigenvalue weighted by molar-refractivity contribution is 7.99. The molecule has 0 saturated heterocycles. The zero-order valence-electron chi connectivity index (χ0n) is 10.1. The third-order valence-corrected chi connectivity index (χ3v) is 3.58. The van der Waals surface area contributed by atoms with Crippen LogP contribution in [0, 0.1) is 5.82 Å². The molecule has 0 aliphatic carbocycles. The molecule has 0 unspecified atom stereocenters. The average molecular weight is 261 g/mol. The van der Waals surface area contributed by atoms with Crippen LogP contribution < -0.4 is 5.32 Å². The van der Waals surface area contributed by atoms with Gasteiger partial charge in [-0.25, -0.2) is 4.39 Å². The maximum Gasteiger partial charge on any atom is 0.127 e. The van der Waals surface area contributed by atoms with Crippen LogP contribution in [0.3, 0.4) is 0 Å². The summed E-state index contributed by atoms with van der Waals surface area (Å²) in [6.07, 6.45) is 0. The topological polar surface area (TPSA) is 12.0 Å². The molecule has 94 valence electrons. The van der Waals surface area contributed by atoms with Gasteiger partial charge >= 0.3 is 0 Å². The standard InChI is InChI=1S/C15H16FNS/c16-15-9-5-4-6-13(15)12-17-10-11-18-14-7-2-1-3-8-14/h1-9,17H,10-12H2. The number of benzene rings is 2. The molecule has 0 radical (unpaired) electrons. The average Bonchev–Trinajstić information content (AvgIpc) is 2.42. The Kier molecular flexibility index (Phi) is 5.24. The summed E-state index contributed by atoms with van der Waals surface area (Å²) in [7, 11) is 0. The Hall–Kier alpha value is -1.32. The van der Waals surface area contributed by atoms with Gasteiger partial charge in [-0.05, 0) is 18.2 Å². The Bertz CT molecular complexity index is 473. The van der Waals surface area contributed by atoms with Crippen molar-refractivity contribution in [1.29, 1.82) is 0 Å². The van der Waals surface area contributed by atoms with Crippen molar-refractivity contribution in [3.63, 3.8) is 0 Å². The molecule has 1 nitrogen and oxygen atoms in total. The first-order valence-electron chi connectivity index (χ1n) is 5.98. The summed E-state index contributed by atoms with van der Waals surface area (Å²) in [4.78, 5) is 1.27. The van der Waals surface area contributed by atoms with Gasteiger partial charge in [0.05, 0.1) is 0 Å². The van der Waals surface area contributed by atoms with Crippen LogP contribution in [0.1, 0.15) is 5.56 Å². The van der Waals surface area contributed by atoms with Crippen LogP contribution in [0.2, 0.25) is 0 Å². The Labute approximate surface area is 111 Å². The molecule has 18 heavy (non-hydrogen) atoms.